The zero-order valence-corrected chi connectivity index (χ0v) is 14.8. The summed E-state index contributed by atoms with van der Waals surface area (Å²) >= 11 is 0. The molecule has 1 heterocycles. The molecule has 0 saturated carbocycles. The van der Waals surface area contributed by atoms with E-state index in [9.17, 15) is 9.90 Å². The summed E-state index contributed by atoms with van der Waals surface area (Å²) in [5, 5.41) is 13.5. The van der Waals surface area contributed by atoms with Crippen molar-refractivity contribution in [2.24, 2.45) is 0 Å². The van der Waals surface area contributed by atoms with Crippen molar-refractivity contribution in [1.29, 1.82) is 0 Å². The summed E-state index contributed by atoms with van der Waals surface area (Å²) in [6.07, 6.45) is 1.93. The number of amides is 1. The van der Waals surface area contributed by atoms with E-state index in [1.165, 1.54) is 11.1 Å². The summed E-state index contributed by atoms with van der Waals surface area (Å²) in [7, 11) is 0. The number of benzene rings is 1. The minimum Gasteiger partial charge on any atom is -0.444 e. The van der Waals surface area contributed by atoms with Crippen LogP contribution in [0.15, 0.2) is 24.3 Å². The fourth-order valence-corrected chi connectivity index (χ4v) is 3.84. The molecule has 2 aliphatic rings. The predicted molar refractivity (Wildman–Crippen MR) is 92.9 cm³/mol. The molecular weight excluding hydrogens is 304 g/mol. The Balaban J connectivity index is 1.65. The molecule has 0 unspecified atom stereocenters. The standard InChI is InChI=1S/C19H28N2O3/c1-19(2,3)24-18(23)20-14-8-6-10-21(12-14)17-15-9-5-4-7-13(15)11-16(17)22/h4-5,7,9,14,16-17,22H,6,8,10-12H2,1-3H3,(H,20,23)/t14-,16-,17-/m1/s1. The smallest absolute Gasteiger partial charge is 0.407 e. The van der Waals surface area contributed by atoms with E-state index in [1.54, 1.807) is 0 Å². The molecule has 1 aliphatic heterocycles. The van der Waals surface area contributed by atoms with E-state index < -0.39 is 5.60 Å². The van der Waals surface area contributed by atoms with Crippen LogP contribution in [0.4, 0.5) is 4.79 Å². The molecule has 1 aromatic rings. The number of aliphatic hydroxyl groups is 1. The quantitative estimate of drug-likeness (QED) is 0.874. The number of nitrogens with zero attached hydrogens (tertiary/aromatic N) is 1. The van der Waals surface area contributed by atoms with E-state index >= 15 is 0 Å². The molecule has 2 N–H and O–H groups in total. The molecule has 3 rings (SSSR count). The minimum atomic E-state index is -0.487. The van der Waals surface area contributed by atoms with Crippen molar-refractivity contribution in [1.82, 2.24) is 10.2 Å². The normalized spacial score (nSPS) is 27.6. The Labute approximate surface area is 144 Å². The number of carbonyl (C=O) groups excluding carboxylic acids is 1. The van der Waals surface area contributed by atoms with E-state index in [-0.39, 0.29) is 24.3 Å². The van der Waals surface area contributed by atoms with Crippen LogP contribution in [-0.2, 0) is 11.2 Å². The number of aliphatic hydroxyl groups excluding tert-OH is 1. The largest absolute Gasteiger partial charge is 0.444 e. The van der Waals surface area contributed by atoms with Gasteiger partial charge < -0.3 is 15.2 Å². The van der Waals surface area contributed by atoms with Crippen LogP contribution >= 0.6 is 0 Å². The van der Waals surface area contributed by atoms with Crippen LogP contribution in [0.3, 0.4) is 0 Å². The lowest BCUT2D eigenvalue weighted by Crippen LogP contribution is -2.50. The maximum atomic E-state index is 12.0. The Bertz CT molecular complexity index is 597. The first kappa shape index (κ1) is 17.2. The van der Waals surface area contributed by atoms with Crippen molar-refractivity contribution in [3.8, 4) is 0 Å². The number of rotatable bonds is 2. The first-order valence-electron chi connectivity index (χ1n) is 8.83. The van der Waals surface area contributed by atoms with Crippen LogP contribution in [0.2, 0.25) is 0 Å². The topological polar surface area (TPSA) is 61.8 Å². The molecule has 0 spiro atoms. The highest BCUT2D eigenvalue weighted by Crippen LogP contribution is 2.37. The van der Waals surface area contributed by atoms with Gasteiger partial charge in [0.1, 0.15) is 5.60 Å². The molecule has 0 radical (unpaired) electrons. The van der Waals surface area contributed by atoms with Crippen molar-refractivity contribution in [2.75, 3.05) is 13.1 Å². The minimum absolute atomic E-state index is 0.0319. The van der Waals surface area contributed by atoms with Crippen molar-refractivity contribution in [2.45, 2.75) is 63.8 Å². The molecule has 24 heavy (non-hydrogen) atoms. The SMILES string of the molecule is CC(C)(C)OC(=O)N[C@@H]1CCCN([C@@H]2c3ccccc3C[C@H]2O)C1. The number of alkyl carbamates (subject to hydrolysis) is 1. The molecule has 0 aromatic heterocycles. The lowest BCUT2D eigenvalue weighted by Gasteiger charge is -2.38. The van der Waals surface area contributed by atoms with E-state index in [4.69, 9.17) is 4.74 Å². The molecule has 1 saturated heterocycles. The third-order valence-electron chi connectivity index (χ3n) is 4.73. The molecule has 132 valence electrons. The predicted octanol–water partition coefficient (Wildman–Crippen LogP) is 2.63. The van der Waals surface area contributed by atoms with Crippen LogP contribution < -0.4 is 5.32 Å². The van der Waals surface area contributed by atoms with Crippen LogP contribution in [0.1, 0.15) is 50.8 Å². The fourth-order valence-electron chi connectivity index (χ4n) is 3.84. The average Bonchev–Trinajstić information content (AvgIpc) is 2.81. The van der Waals surface area contributed by atoms with Gasteiger partial charge in [0.15, 0.2) is 0 Å². The number of likely N-dealkylation sites (tertiary alicyclic amines) is 1. The Morgan fingerprint density at radius 1 is 1.33 bits per heavy atom. The number of piperidine rings is 1. The van der Waals surface area contributed by atoms with Gasteiger partial charge >= 0.3 is 6.09 Å². The highest BCUT2D eigenvalue weighted by molar-refractivity contribution is 5.68. The molecule has 1 fully saturated rings. The Hall–Kier alpha value is -1.59. The van der Waals surface area contributed by atoms with Gasteiger partial charge in [0.2, 0.25) is 0 Å². The van der Waals surface area contributed by atoms with Crippen molar-refractivity contribution in [3.63, 3.8) is 0 Å². The van der Waals surface area contributed by atoms with Gasteiger partial charge in [-0.1, -0.05) is 24.3 Å². The summed E-state index contributed by atoms with van der Waals surface area (Å²) in [6, 6.07) is 8.36. The van der Waals surface area contributed by atoms with Gasteiger partial charge in [-0.25, -0.2) is 4.79 Å². The number of ether oxygens (including phenoxy) is 1. The number of hydrogen-bond acceptors (Lipinski definition) is 4. The maximum absolute atomic E-state index is 12.0. The first-order valence-corrected chi connectivity index (χ1v) is 8.83. The van der Waals surface area contributed by atoms with Gasteiger partial charge in [0.05, 0.1) is 12.1 Å². The van der Waals surface area contributed by atoms with Crippen LogP contribution in [0, 0.1) is 0 Å². The van der Waals surface area contributed by atoms with E-state index in [0.717, 1.165) is 25.9 Å². The lowest BCUT2D eigenvalue weighted by molar-refractivity contribution is 0.0302. The summed E-state index contributed by atoms with van der Waals surface area (Å²) in [5.41, 5.74) is 1.97. The Morgan fingerprint density at radius 2 is 2.08 bits per heavy atom. The molecule has 5 nitrogen and oxygen atoms in total. The van der Waals surface area contributed by atoms with E-state index in [0.29, 0.717) is 6.42 Å². The Kier molecular flexibility index (Phi) is 4.83. The second-order valence-electron chi connectivity index (χ2n) is 7.90. The summed E-state index contributed by atoms with van der Waals surface area (Å²) in [5.74, 6) is 0. The van der Waals surface area contributed by atoms with Gasteiger partial charge in [0.25, 0.3) is 0 Å². The summed E-state index contributed by atoms with van der Waals surface area (Å²) in [4.78, 5) is 14.3. The van der Waals surface area contributed by atoms with Crippen LogP contribution in [0.5, 0.6) is 0 Å². The van der Waals surface area contributed by atoms with Gasteiger partial charge in [-0.2, -0.15) is 0 Å². The average molecular weight is 332 g/mol. The number of nitrogens with one attached hydrogen (secondary N) is 1. The molecule has 0 bridgehead atoms. The molecule has 1 aromatic carbocycles. The fraction of sp³-hybridized carbons (Fsp3) is 0.632. The van der Waals surface area contributed by atoms with Crippen molar-refractivity contribution < 1.29 is 14.6 Å². The lowest BCUT2D eigenvalue weighted by atomic mass is 10.00. The maximum Gasteiger partial charge on any atom is 0.407 e. The summed E-state index contributed by atoms with van der Waals surface area (Å²) < 4.78 is 5.36. The molecule has 5 heteroatoms. The summed E-state index contributed by atoms with van der Waals surface area (Å²) in [6.45, 7) is 7.29. The third-order valence-corrected chi connectivity index (χ3v) is 4.73. The van der Waals surface area contributed by atoms with Crippen molar-refractivity contribution >= 4 is 6.09 Å². The zero-order valence-electron chi connectivity index (χ0n) is 14.8. The first-order chi connectivity index (χ1) is 11.3. The highest BCUT2D eigenvalue weighted by atomic mass is 16.6. The molecular formula is C19H28N2O3. The van der Waals surface area contributed by atoms with Gasteiger partial charge in [-0.3, -0.25) is 4.90 Å². The molecule has 1 amide bonds. The monoisotopic (exact) mass is 332 g/mol. The Morgan fingerprint density at radius 3 is 2.83 bits per heavy atom. The van der Waals surface area contributed by atoms with Crippen LogP contribution in [0.25, 0.3) is 0 Å². The van der Waals surface area contributed by atoms with Gasteiger partial charge in [-0.05, 0) is 51.3 Å². The van der Waals surface area contributed by atoms with Gasteiger partial charge in [-0.15, -0.1) is 0 Å². The van der Waals surface area contributed by atoms with E-state index in [1.807, 2.05) is 32.9 Å². The van der Waals surface area contributed by atoms with Gasteiger partial charge in [0, 0.05) is 19.0 Å². The van der Waals surface area contributed by atoms with Crippen molar-refractivity contribution in [3.05, 3.63) is 35.4 Å². The molecule has 3 atom stereocenters. The second-order valence-corrected chi connectivity index (χ2v) is 7.90. The van der Waals surface area contributed by atoms with E-state index in [2.05, 4.69) is 22.3 Å². The third kappa shape index (κ3) is 3.90. The molecule has 1 aliphatic carbocycles. The highest BCUT2D eigenvalue weighted by Gasteiger charge is 2.37. The number of hydrogen-bond donors (Lipinski definition) is 2. The van der Waals surface area contributed by atoms with Crippen LogP contribution in [-0.4, -0.2) is 46.9 Å². The zero-order chi connectivity index (χ0) is 17.3. The number of fused-ring (bicyclic) bond motifs is 1. The second kappa shape index (κ2) is 6.73. The number of carbonyl (C=O) groups is 1.